The van der Waals surface area contributed by atoms with Gasteiger partial charge in [-0.2, -0.15) is 4.98 Å². The van der Waals surface area contributed by atoms with Gasteiger partial charge in [-0.3, -0.25) is 9.59 Å². The topological polar surface area (TPSA) is 119 Å². The smallest absolute Gasteiger partial charge is 0.307 e. The van der Waals surface area contributed by atoms with Crippen LogP contribution in [-0.2, 0) is 9.53 Å². The summed E-state index contributed by atoms with van der Waals surface area (Å²) in [5.41, 5.74) is 0.589. The van der Waals surface area contributed by atoms with Crippen LogP contribution >= 0.6 is 0 Å². The molecule has 1 aromatic carbocycles. The maximum Gasteiger partial charge on any atom is 0.307 e. The van der Waals surface area contributed by atoms with E-state index in [2.05, 4.69) is 25.3 Å². The van der Waals surface area contributed by atoms with Gasteiger partial charge in [-0.25, -0.2) is 9.97 Å². The van der Waals surface area contributed by atoms with Crippen LogP contribution in [-0.4, -0.2) is 45.7 Å². The van der Waals surface area contributed by atoms with E-state index in [9.17, 15) is 9.59 Å². The van der Waals surface area contributed by atoms with Gasteiger partial charge in [-0.05, 0) is 25.5 Å². The van der Waals surface area contributed by atoms with Crippen LogP contribution in [0.3, 0.4) is 0 Å². The molecule has 0 spiro atoms. The molecule has 3 rings (SSSR count). The Kier molecular flexibility index (Phi) is 6.72. The highest BCUT2D eigenvalue weighted by atomic mass is 16.5. The lowest BCUT2D eigenvalue weighted by Crippen LogP contribution is -2.15. The highest BCUT2D eigenvalue weighted by Crippen LogP contribution is 2.27. The van der Waals surface area contributed by atoms with Crippen LogP contribution in [0.4, 0.5) is 5.95 Å². The number of carbonyl (C=O) groups excluding carboxylic acids is 1. The zero-order chi connectivity index (χ0) is 20.6. The van der Waals surface area contributed by atoms with Crippen molar-refractivity contribution in [3.05, 3.63) is 40.8 Å². The fraction of sp³-hybridized carbons (Fsp3) is 0.350. The number of nitrogens with zero attached hydrogens (tertiary/aromatic N) is 3. The van der Waals surface area contributed by atoms with Crippen molar-refractivity contribution < 1.29 is 14.3 Å². The lowest BCUT2D eigenvalue weighted by Gasteiger charge is -2.10. The molecule has 0 aliphatic heterocycles. The molecular formula is C20H23N5O4. The standard InChI is InChI=1S/C20H23N5O4/c1-3-11-29-15-8-6-5-7-13(15)17-23-18-14(19(27)24-17)12-22-20(25-18)21-10-9-16(26)28-4-2/h5-8,12H,3-4,9-11H2,1-2H3,(H2,21,22,23,24,25,27). The molecule has 3 aromatic rings. The number of hydrogen-bond acceptors (Lipinski definition) is 8. The number of H-pyrrole nitrogens is 1. The lowest BCUT2D eigenvalue weighted by molar-refractivity contribution is -0.142. The summed E-state index contributed by atoms with van der Waals surface area (Å²) in [6, 6.07) is 7.37. The molecule has 0 amide bonds. The summed E-state index contributed by atoms with van der Waals surface area (Å²) in [6.45, 7) is 4.99. The van der Waals surface area contributed by atoms with Gasteiger partial charge >= 0.3 is 5.97 Å². The summed E-state index contributed by atoms with van der Waals surface area (Å²) in [7, 11) is 0. The van der Waals surface area contributed by atoms with Crippen LogP contribution < -0.4 is 15.6 Å². The number of rotatable bonds is 9. The van der Waals surface area contributed by atoms with Crippen LogP contribution in [0.2, 0.25) is 0 Å². The van der Waals surface area contributed by atoms with E-state index in [0.717, 1.165) is 6.42 Å². The van der Waals surface area contributed by atoms with Gasteiger partial charge in [0.1, 0.15) is 17.0 Å². The number of aromatic nitrogens is 4. The number of ether oxygens (including phenoxy) is 2. The number of benzene rings is 1. The Bertz CT molecular complexity index is 1050. The average molecular weight is 397 g/mol. The number of nitrogens with one attached hydrogen (secondary N) is 2. The van der Waals surface area contributed by atoms with E-state index < -0.39 is 0 Å². The Morgan fingerprint density at radius 2 is 2.03 bits per heavy atom. The Balaban J connectivity index is 1.88. The molecule has 2 aromatic heterocycles. The first-order chi connectivity index (χ1) is 14.1. The third kappa shape index (κ3) is 5.07. The van der Waals surface area contributed by atoms with Crippen LogP contribution in [0.1, 0.15) is 26.7 Å². The van der Waals surface area contributed by atoms with Gasteiger partial charge in [0, 0.05) is 12.7 Å². The first-order valence-electron chi connectivity index (χ1n) is 9.51. The molecule has 0 saturated heterocycles. The van der Waals surface area contributed by atoms with Gasteiger partial charge in [0.2, 0.25) is 5.95 Å². The number of hydrogen-bond donors (Lipinski definition) is 2. The molecule has 0 aliphatic rings. The maximum absolute atomic E-state index is 12.5. The second-order valence-corrected chi connectivity index (χ2v) is 6.17. The van der Waals surface area contributed by atoms with E-state index in [0.29, 0.717) is 36.9 Å². The Hall–Kier alpha value is -3.49. The van der Waals surface area contributed by atoms with Gasteiger partial charge < -0.3 is 19.8 Å². The minimum absolute atomic E-state index is 0.186. The van der Waals surface area contributed by atoms with E-state index in [1.165, 1.54) is 6.20 Å². The molecule has 0 atom stereocenters. The zero-order valence-corrected chi connectivity index (χ0v) is 16.4. The third-order valence-corrected chi connectivity index (χ3v) is 3.98. The number of fused-ring (bicyclic) bond motifs is 1. The molecule has 0 aliphatic carbocycles. The maximum atomic E-state index is 12.5. The van der Waals surface area contributed by atoms with Crippen molar-refractivity contribution in [2.45, 2.75) is 26.7 Å². The minimum atomic E-state index is -0.339. The van der Waals surface area contributed by atoms with Crippen molar-refractivity contribution in [2.24, 2.45) is 0 Å². The Morgan fingerprint density at radius 3 is 2.83 bits per heavy atom. The summed E-state index contributed by atoms with van der Waals surface area (Å²) < 4.78 is 10.6. The fourth-order valence-corrected chi connectivity index (χ4v) is 2.65. The van der Waals surface area contributed by atoms with E-state index in [1.54, 1.807) is 6.92 Å². The summed E-state index contributed by atoms with van der Waals surface area (Å²) in [5, 5.41) is 3.22. The molecule has 0 bridgehead atoms. The largest absolute Gasteiger partial charge is 0.493 e. The molecule has 29 heavy (non-hydrogen) atoms. The number of anilines is 1. The van der Waals surface area contributed by atoms with Gasteiger partial charge in [0.15, 0.2) is 5.65 Å². The quantitative estimate of drug-likeness (QED) is 0.529. The fourth-order valence-electron chi connectivity index (χ4n) is 2.65. The molecular weight excluding hydrogens is 374 g/mol. The van der Waals surface area contributed by atoms with Gasteiger partial charge in [-0.1, -0.05) is 19.1 Å². The third-order valence-electron chi connectivity index (χ3n) is 3.98. The van der Waals surface area contributed by atoms with E-state index >= 15 is 0 Å². The average Bonchev–Trinajstić information content (AvgIpc) is 2.72. The van der Waals surface area contributed by atoms with Crippen LogP contribution in [0.25, 0.3) is 22.4 Å². The lowest BCUT2D eigenvalue weighted by atomic mass is 10.2. The molecule has 152 valence electrons. The van der Waals surface area contributed by atoms with Crippen molar-refractivity contribution in [1.29, 1.82) is 0 Å². The summed E-state index contributed by atoms with van der Waals surface area (Å²) in [5.74, 6) is 0.978. The van der Waals surface area contributed by atoms with Gasteiger partial charge in [0.25, 0.3) is 5.56 Å². The first kappa shape index (κ1) is 20.2. The number of esters is 1. The second-order valence-electron chi connectivity index (χ2n) is 6.17. The molecule has 0 fully saturated rings. The highest BCUT2D eigenvalue weighted by molar-refractivity contribution is 5.77. The van der Waals surface area contributed by atoms with Crippen molar-refractivity contribution in [2.75, 3.05) is 25.1 Å². The Morgan fingerprint density at radius 1 is 1.21 bits per heavy atom. The van der Waals surface area contributed by atoms with E-state index in [1.807, 2.05) is 31.2 Å². The van der Waals surface area contributed by atoms with Crippen LogP contribution in [0, 0.1) is 0 Å². The predicted octanol–water partition coefficient (Wildman–Crippen LogP) is 2.53. The van der Waals surface area contributed by atoms with Crippen molar-refractivity contribution >= 4 is 23.0 Å². The van der Waals surface area contributed by atoms with Gasteiger partial charge in [0.05, 0.1) is 25.2 Å². The monoisotopic (exact) mass is 397 g/mol. The number of para-hydroxylation sites is 1. The molecule has 0 unspecified atom stereocenters. The summed E-state index contributed by atoms with van der Waals surface area (Å²) >= 11 is 0. The molecule has 0 radical (unpaired) electrons. The SMILES string of the molecule is CCCOc1ccccc1-c1nc2nc(NCCC(=O)OCC)ncc2c(=O)[nH]1. The summed E-state index contributed by atoms with van der Waals surface area (Å²) in [4.78, 5) is 39.6. The van der Waals surface area contributed by atoms with E-state index in [-0.39, 0.29) is 34.9 Å². The predicted molar refractivity (Wildman–Crippen MR) is 109 cm³/mol. The highest BCUT2D eigenvalue weighted by Gasteiger charge is 2.13. The van der Waals surface area contributed by atoms with Crippen molar-refractivity contribution in [3.63, 3.8) is 0 Å². The molecule has 0 saturated carbocycles. The molecule has 9 nitrogen and oxygen atoms in total. The molecule has 2 N–H and O–H groups in total. The van der Waals surface area contributed by atoms with E-state index in [4.69, 9.17) is 9.47 Å². The summed E-state index contributed by atoms with van der Waals surface area (Å²) in [6.07, 6.45) is 2.46. The normalized spacial score (nSPS) is 10.7. The second kappa shape index (κ2) is 9.63. The van der Waals surface area contributed by atoms with Crippen molar-refractivity contribution in [3.8, 4) is 17.1 Å². The van der Waals surface area contributed by atoms with Crippen LogP contribution in [0.15, 0.2) is 35.3 Å². The zero-order valence-electron chi connectivity index (χ0n) is 16.4. The van der Waals surface area contributed by atoms with Crippen LogP contribution in [0.5, 0.6) is 5.75 Å². The first-order valence-corrected chi connectivity index (χ1v) is 9.51. The van der Waals surface area contributed by atoms with Gasteiger partial charge in [-0.15, -0.1) is 0 Å². The van der Waals surface area contributed by atoms with Crippen molar-refractivity contribution in [1.82, 2.24) is 19.9 Å². The number of carbonyl (C=O) groups is 1. The number of aromatic amines is 1. The minimum Gasteiger partial charge on any atom is -0.493 e. The molecule has 2 heterocycles. The molecule has 9 heteroatoms. The Labute approximate surface area is 167 Å².